The highest BCUT2D eigenvalue weighted by molar-refractivity contribution is 6.47. The molecule has 4 nitrogen and oxygen atoms in total. The minimum Gasteiger partial charge on any atom is -0.403 e. The van der Waals surface area contributed by atoms with Crippen LogP contribution < -0.4 is 0 Å². The van der Waals surface area contributed by atoms with Crippen LogP contribution in [0.2, 0.25) is 11.6 Å². The van der Waals surface area contributed by atoms with Gasteiger partial charge in [-0.3, -0.25) is 0 Å². The Balaban J connectivity index is 1.73. The third kappa shape index (κ3) is 10.1. The fraction of sp³-hybridized carbons (Fsp3) is 1.00. The van der Waals surface area contributed by atoms with E-state index in [0.29, 0.717) is 11.6 Å². The van der Waals surface area contributed by atoms with Crippen LogP contribution in [0.1, 0.15) is 172 Å². The highest BCUT2D eigenvalue weighted by atomic mass is 16.7. The van der Waals surface area contributed by atoms with Crippen molar-refractivity contribution in [3.63, 3.8) is 0 Å². The van der Waals surface area contributed by atoms with Crippen LogP contribution in [0.5, 0.6) is 0 Å². The van der Waals surface area contributed by atoms with E-state index in [2.05, 4.69) is 69.2 Å². The summed E-state index contributed by atoms with van der Waals surface area (Å²) in [5.41, 5.74) is -0.999. The molecule has 0 saturated carbocycles. The maximum Gasteiger partial charge on any atom is 0.461 e. The minimum atomic E-state index is -0.252. The Morgan fingerprint density at radius 3 is 1.18 bits per heavy atom. The molecule has 0 radical (unpaired) electrons. The number of hydrogen-bond donors (Lipinski definition) is 0. The Hall–Kier alpha value is -0.0301. The molecule has 2 heterocycles. The second-order valence-electron chi connectivity index (χ2n) is 14.6. The van der Waals surface area contributed by atoms with Crippen LogP contribution >= 0.6 is 0 Å². The lowest BCUT2D eigenvalue weighted by atomic mass is 9.66. The molecule has 6 heteroatoms. The highest BCUT2D eigenvalue weighted by Gasteiger charge is 2.54. The molecule has 222 valence electrons. The first-order chi connectivity index (χ1) is 17.7. The van der Waals surface area contributed by atoms with E-state index in [0.717, 1.165) is 6.42 Å². The molecule has 2 rings (SSSR count). The first-order valence-corrected chi connectivity index (χ1v) is 16.4. The van der Waals surface area contributed by atoms with Crippen molar-refractivity contribution in [2.45, 2.75) is 206 Å². The van der Waals surface area contributed by atoms with Crippen molar-refractivity contribution in [2.24, 2.45) is 0 Å². The van der Waals surface area contributed by atoms with E-state index in [-0.39, 0.29) is 36.6 Å². The van der Waals surface area contributed by atoms with E-state index in [9.17, 15) is 0 Å². The van der Waals surface area contributed by atoms with Gasteiger partial charge in [0, 0.05) is 0 Å². The van der Waals surface area contributed by atoms with Crippen molar-refractivity contribution in [1.82, 2.24) is 0 Å². The van der Waals surface area contributed by atoms with Gasteiger partial charge in [-0.2, -0.15) is 0 Å². The first kappa shape index (κ1) is 34.2. The summed E-state index contributed by atoms with van der Waals surface area (Å²) in [6, 6.07) is 0. The van der Waals surface area contributed by atoms with Crippen LogP contribution in [-0.4, -0.2) is 36.6 Å². The fourth-order valence-corrected chi connectivity index (χ4v) is 5.70. The lowest BCUT2D eigenvalue weighted by Crippen LogP contribution is -2.41. The van der Waals surface area contributed by atoms with Crippen molar-refractivity contribution in [1.29, 1.82) is 0 Å². The summed E-state index contributed by atoms with van der Waals surface area (Å²) in [7, 11) is -0.182. The van der Waals surface area contributed by atoms with Crippen LogP contribution in [0.15, 0.2) is 0 Å². The Morgan fingerprint density at radius 2 is 0.763 bits per heavy atom. The van der Waals surface area contributed by atoms with E-state index in [1.807, 2.05) is 0 Å². The molecule has 2 aliphatic rings. The topological polar surface area (TPSA) is 36.9 Å². The second-order valence-corrected chi connectivity index (χ2v) is 14.6. The maximum absolute atomic E-state index is 6.52. The SMILES string of the molecule is CCCCCCCCCCCCCC(CCCCC(C)B1OC(C)(C)C(C)(C)O1)B1OC(C)(C)C(C)(C)O1. The zero-order valence-electron chi connectivity index (χ0n) is 27.3. The van der Waals surface area contributed by atoms with E-state index in [1.54, 1.807) is 0 Å². The van der Waals surface area contributed by atoms with Gasteiger partial charge >= 0.3 is 14.2 Å². The van der Waals surface area contributed by atoms with Crippen molar-refractivity contribution >= 4 is 14.2 Å². The lowest BCUT2D eigenvalue weighted by molar-refractivity contribution is 0.00578. The van der Waals surface area contributed by atoms with Crippen molar-refractivity contribution in [3.05, 3.63) is 0 Å². The Bertz CT molecular complexity index is 632. The summed E-state index contributed by atoms with van der Waals surface area (Å²) in [6.07, 6.45) is 21.2. The summed E-state index contributed by atoms with van der Waals surface area (Å²) in [4.78, 5) is 0. The molecule has 2 atom stereocenters. The van der Waals surface area contributed by atoms with Crippen LogP contribution in [0.4, 0.5) is 0 Å². The average Bonchev–Trinajstić information content (AvgIpc) is 3.17. The largest absolute Gasteiger partial charge is 0.461 e. The molecular weight excluding hydrogens is 470 g/mol. The minimum absolute atomic E-state index is 0.0800. The average molecular weight is 534 g/mol. The Labute approximate surface area is 238 Å². The normalized spacial score (nSPS) is 23.2. The molecule has 0 aromatic carbocycles. The molecule has 2 unspecified atom stereocenters. The smallest absolute Gasteiger partial charge is 0.403 e. The van der Waals surface area contributed by atoms with Crippen LogP contribution in [0, 0.1) is 0 Å². The molecule has 38 heavy (non-hydrogen) atoms. The zero-order valence-corrected chi connectivity index (χ0v) is 27.3. The van der Waals surface area contributed by atoms with E-state index >= 15 is 0 Å². The van der Waals surface area contributed by atoms with Gasteiger partial charge in [-0.05, 0) is 67.0 Å². The fourth-order valence-electron chi connectivity index (χ4n) is 5.70. The molecule has 0 bridgehead atoms. The molecule has 0 aliphatic carbocycles. The third-order valence-electron chi connectivity index (χ3n) is 10.1. The molecular formula is C32H64B2O4. The van der Waals surface area contributed by atoms with Crippen LogP contribution in [-0.2, 0) is 18.6 Å². The lowest BCUT2D eigenvalue weighted by Gasteiger charge is -2.32. The second kappa shape index (κ2) is 15.3. The number of rotatable bonds is 19. The number of unbranched alkanes of at least 4 members (excludes halogenated alkanes) is 11. The summed E-state index contributed by atoms with van der Waals surface area (Å²) >= 11 is 0. The summed E-state index contributed by atoms with van der Waals surface area (Å²) in [6.45, 7) is 21.9. The molecule has 0 spiro atoms. The standard InChI is InChI=1S/C32H64B2O4/c1-11-12-13-14-15-16-17-18-19-20-21-25-28(34-37-31(7,8)32(9,10)38-34)26-23-22-24-27(2)33-35-29(3,4)30(5,6)36-33/h27-28H,11-26H2,1-10H3. The van der Waals surface area contributed by atoms with Crippen LogP contribution in [0.3, 0.4) is 0 Å². The predicted octanol–water partition coefficient (Wildman–Crippen LogP) is 10.2. The van der Waals surface area contributed by atoms with Crippen LogP contribution in [0.25, 0.3) is 0 Å². The van der Waals surface area contributed by atoms with E-state index < -0.39 is 0 Å². The third-order valence-corrected chi connectivity index (χ3v) is 10.1. The van der Waals surface area contributed by atoms with Crippen molar-refractivity contribution in [2.75, 3.05) is 0 Å². The molecule has 0 aromatic rings. The molecule has 2 fully saturated rings. The van der Waals surface area contributed by atoms with Gasteiger partial charge in [0.1, 0.15) is 0 Å². The first-order valence-electron chi connectivity index (χ1n) is 16.4. The highest BCUT2D eigenvalue weighted by Crippen LogP contribution is 2.44. The summed E-state index contributed by atoms with van der Waals surface area (Å²) < 4.78 is 25.6. The number of hydrogen-bond acceptors (Lipinski definition) is 4. The maximum atomic E-state index is 6.52. The monoisotopic (exact) mass is 534 g/mol. The molecule has 2 aliphatic heterocycles. The van der Waals surface area contributed by atoms with E-state index in [4.69, 9.17) is 18.6 Å². The summed E-state index contributed by atoms with van der Waals surface area (Å²) in [5.74, 6) is 0.875. The molecule has 0 N–H and O–H groups in total. The Kier molecular flexibility index (Phi) is 13.7. The van der Waals surface area contributed by atoms with Crippen molar-refractivity contribution < 1.29 is 18.6 Å². The van der Waals surface area contributed by atoms with Gasteiger partial charge in [0.15, 0.2) is 0 Å². The van der Waals surface area contributed by atoms with Gasteiger partial charge in [0.25, 0.3) is 0 Å². The van der Waals surface area contributed by atoms with Crippen molar-refractivity contribution in [3.8, 4) is 0 Å². The summed E-state index contributed by atoms with van der Waals surface area (Å²) in [5, 5.41) is 0. The van der Waals surface area contributed by atoms with E-state index in [1.165, 1.54) is 96.3 Å². The molecule has 0 amide bonds. The predicted molar refractivity (Wildman–Crippen MR) is 165 cm³/mol. The van der Waals surface area contributed by atoms with Gasteiger partial charge in [-0.1, -0.05) is 117 Å². The van der Waals surface area contributed by atoms with Gasteiger partial charge in [-0.15, -0.1) is 0 Å². The molecule has 0 aromatic heterocycles. The van der Waals surface area contributed by atoms with Gasteiger partial charge in [0.2, 0.25) is 0 Å². The zero-order chi connectivity index (χ0) is 28.5. The van der Waals surface area contributed by atoms with Gasteiger partial charge < -0.3 is 18.6 Å². The quantitative estimate of drug-likeness (QED) is 0.122. The molecule has 2 saturated heterocycles. The van der Waals surface area contributed by atoms with Gasteiger partial charge in [0.05, 0.1) is 22.4 Å². The van der Waals surface area contributed by atoms with Gasteiger partial charge in [-0.25, -0.2) is 0 Å². The Morgan fingerprint density at radius 1 is 0.447 bits per heavy atom.